The van der Waals surface area contributed by atoms with Crippen LogP contribution < -0.4 is 5.32 Å². The lowest BCUT2D eigenvalue weighted by Gasteiger charge is -2.05. The minimum Gasteiger partial charge on any atom is -0.307 e. The van der Waals surface area contributed by atoms with Gasteiger partial charge in [-0.15, -0.1) is 0 Å². The van der Waals surface area contributed by atoms with Crippen molar-refractivity contribution < 1.29 is 9.72 Å². The van der Waals surface area contributed by atoms with Crippen LogP contribution in [0.3, 0.4) is 0 Å². The van der Waals surface area contributed by atoms with E-state index in [-0.39, 0.29) is 22.2 Å². The predicted molar refractivity (Wildman–Crippen MR) is 78.0 cm³/mol. The van der Waals surface area contributed by atoms with Crippen LogP contribution in [0.2, 0.25) is 5.15 Å². The van der Waals surface area contributed by atoms with Crippen LogP contribution in [0.1, 0.15) is 10.4 Å². The second kappa shape index (κ2) is 5.98. The van der Waals surface area contributed by atoms with Crippen molar-refractivity contribution in [3.63, 3.8) is 0 Å². The molecule has 8 heteroatoms. The molecule has 1 N–H and O–H groups in total. The molecule has 0 aliphatic carbocycles. The maximum Gasteiger partial charge on any atom is 0.284 e. The zero-order valence-electron chi connectivity index (χ0n) is 9.84. The zero-order valence-corrected chi connectivity index (χ0v) is 12.2. The van der Waals surface area contributed by atoms with Gasteiger partial charge in [-0.1, -0.05) is 17.7 Å². The zero-order chi connectivity index (χ0) is 14.7. The van der Waals surface area contributed by atoms with E-state index in [0.29, 0.717) is 4.47 Å². The van der Waals surface area contributed by atoms with E-state index >= 15 is 0 Å². The normalized spacial score (nSPS) is 10.1. The van der Waals surface area contributed by atoms with Crippen LogP contribution in [0.15, 0.2) is 40.9 Å². The average Bonchev–Trinajstić information content (AvgIpc) is 2.38. The Kier molecular flexibility index (Phi) is 4.31. The lowest BCUT2D eigenvalue weighted by Crippen LogP contribution is -2.13. The number of hydrogen-bond acceptors (Lipinski definition) is 4. The first-order valence-electron chi connectivity index (χ1n) is 5.35. The molecular weight excluding hydrogens is 350 g/mol. The summed E-state index contributed by atoms with van der Waals surface area (Å²) in [4.78, 5) is 26.1. The fourth-order valence-electron chi connectivity index (χ4n) is 1.46. The molecule has 2 aromatic rings. The summed E-state index contributed by atoms with van der Waals surface area (Å²) in [6.45, 7) is 0. The molecule has 0 saturated heterocycles. The van der Waals surface area contributed by atoms with E-state index in [9.17, 15) is 14.9 Å². The summed E-state index contributed by atoms with van der Waals surface area (Å²) >= 11 is 8.76. The molecule has 0 fully saturated rings. The van der Waals surface area contributed by atoms with Gasteiger partial charge in [-0.3, -0.25) is 14.9 Å². The first-order chi connectivity index (χ1) is 9.47. The number of halogens is 2. The molecule has 0 bridgehead atoms. The molecule has 0 saturated carbocycles. The standard InChI is InChI=1S/C12H7BrClN3O3/c13-8-5-4-7(6-9(8)17(19)20)12(18)16-11-3-1-2-10(14)15-11/h1-6H,(H,15,16,18). The Labute approximate surface area is 127 Å². The number of aromatic nitrogens is 1. The van der Waals surface area contributed by atoms with Gasteiger partial charge in [0.05, 0.1) is 9.40 Å². The number of hydrogen-bond donors (Lipinski definition) is 1. The summed E-state index contributed by atoms with van der Waals surface area (Å²) in [6, 6.07) is 8.87. The number of nitro benzene ring substituents is 1. The molecule has 1 amide bonds. The molecule has 102 valence electrons. The first kappa shape index (κ1) is 14.4. The first-order valence-corrected chi connectivity index (χ1v) is 6.52. The van der Waals surface area contributed by atoms with E-state index in [0.717, 1.165) is 0 Å². The summed E-state index contributed by atoms with van der Waals surface area (Å²) in [5, 5.41) is 13.6. The van der Waals surface area contributed by atoms with E-state index in [1.54, 1.807) is 18.2 Å². The number of carbonyl (C=O) groups is 1. The van der Waals surface area contributed by atoms with Crippen molar-refractivity contribution in [2.24, 2.45) is 0 Å². The van der Waals surface area contributed by atoms with E-state index in [4.69, 9.17) is 11.6 Å². The molecule has 0 aliphatic heterocycles. The highest BCUT2D eigenvalue weighted by Gasteiger charge is 2.16. The number of amides is 1. The lowest BCUT2D eigenvalue weighted by molar-refractivity contribution is -0.385. The Morgan fingerprint density at radius 1 is 1.35 bits per heavy atom. The molecule has 0 aliphatic rings. The third-order valence-electron chi connectivity index (χ3n) is 2.36. The number of anilines is 1. The number of nitro groups is 1. The molecule has 1 aromatic carbocycles. The van der Waals surface area contributed by atoms with Gasteiger partial charge in [-0.05, 0) is 40.2 Å². The molecule has 1 heterocycles. The summed E-state index contributed by atoms with van der Waals surface area (Å²) in [7, 11) is 0. The molecule has 0 unspecified atom stereocenters. The van der Waals surface area contributed by atoms with E-state index in [2.05, 4.69) is 26.2 Å². The molecule has 1 aromatic heterocycles. The SMILES string of the molecule is O=C(Nc1cccc(Cl)n1)c1ccc(Br)c([N+](=O)[O-])c1. The Morgan fingerprint density at radius 3 is 2.75 bits per heavy atom. The Hall–Kier alpha value is -1.99. The van der Waals surface area contributed by atoms with Crippen LogP contribution in [0, 0.1) is 10.1 Å². The molecule has 2 rings (SSSR count). The van der Waals surface area contributed by atoms with Crippen LogP contribution in [-0.2, 0) is 0 Å². The topological polar surface area (TPSA) is 85.1 Å². The van der Waals surface area contributed by atoms with Crippen molar-refractivity contribution in [3.05, 3.63) is 61.7 Å². The number of carbonyl (C=O) groups excluding carboxylic acids is 1. The highest BCUT2D eigenvalue weighted by molar-refractivity contribution is 9.10. The number of pyridine rings is 1. The summed E-state index contributed by atoms with van der Waals surface area (Å²) in [5.74, 6) is -0.233. The Balaban J connectivity index is 2.26. The second-order valence-corrected chi connectivity index (χ2v) is 4.96. The number of rotatable bonds is 3. The van der Waals surface area contributed by atoms with Gasteiger partial charge in [0, 0.05) is 11.6 Å². The molecule has 6 nitrogen and oxygen atoms in total. The van der Waals surface area contributed by atoms with Crippen LogP contribution >= 0.6 is 27.5 Å². The molecule has 0 spiro atoms. The van der Waals surface area contributed by atoms with Gasteiger partial charge in [0.2, 0.25) is 0 Å². The summed E-state index contributed by atoms with van der Waals surface area (Å²) < 4.78 is 0.305. The Morgan fingerprint density at radius 2 is 2.10 bits per heavy atom. The fourth-order valence-corrected chi connectivity index (χ4v) is 2.02. The average molecular weight is 357 g/mol. The van der Waals surface area contributed by atoms with Gasteiger partial charge in [0.25, 0.3) is 11.6 Å². The highest BCUT2D eigenvalue weighted by Crippen LogP contribution is 2.26. The van der Waals surface area contributed by atoms with Crippen molar-refractivity contribution >= 4 is 44.9 Å². The van der Waals surface area contributed by atoms with Crippen molar-refractivity contribution in [2.45, 2.75) is 0 Å². The van der Waals surface area contributed by atoms with E-state index in [1.807, 2.05) is 0 Å². The lowest BCUT2D eigenvalue weighted by atomic mass is 10.2. The van der Waals surface area contributed by atoms with Gasteiger partial charge in [0.15, 0.2) is 0 Å². The van der Waals surface area contributed by atoms with Crippen molar-refractivity contribution in [2.75, 3.05) is 5.32 Å². The van der Waals surface area contributed by atoms with Crippen LogP contribution in [0.5, 0.6) is 0 Å². The highest BCUT2D eigenvalue weighted by atomic mass is 79.9. The largest absolute Gasteiger partial charge is 0.307 e. The van der Waals surface area contributed by atoms with Crippen LogP contribution in [-0.4, -0.2) is 15.8 Å². The van der Waals surface area contributed by atoms with Crippen molar-refractivity contribution in [1.29, 1.82) is 0 Å². The molecule has 20 heavy (non-hydrogen) atoms. The van der Waals surface area contributed by atoms with E-state index in [1.165, 1.54) is 18.2 Å². The minimum absolute atomic E-state index is 0.154. The van der Waals surface area contributed by atoms with E-state index < -0.39 is 10.8 Å². The third kappa shape index (κ3) is 3.31. The number of nitrogens with zero attached hydrogens (tertiary/aromatic N) is 2. The molecule has 0 radical (unpaired) electrons. The smallest absolute Gasteiger partial charge is 0.284 e. The van der Waals surface area contributed by atoms with Crippen molar-refractivity contribution in [3.8, 4) is 0 Å². The van der Waals surface area contributed by atoms with Crippen LogP contribution in [0.4, 0.5) is 11.5 Å². The fraction of sp³-hybridized carbons (Fsp3) is 0. The quantitative estimate of drug-likeness (QED) is 0.516. The van der Waals surface area contributed by atoms with Crippen molar-refractivity contribution in [1.82, 2.24) is 4.98 Å². The summed E-state index contributed by atoms with van der Waals surface area (Å²) in [5.41, 5.74) is -0.0293. The number of benzene rings is 1. The monoisotopic (exact) mass is 355 g/mol. The van der Waals surface area contributed by atoms with Gasteiger partial charge < -0.3 is 5.32 Å². The minimum atomic E-state index is -0.571. The second-order valence-electron chi connectivity index (χ2n) is 3.72. The summed E-state index contributed by atoms with van der Waals surface area (Å²) in [6.07, 6.45) is 0. The molecular formula is C12H7BrClN3O3. The third-order valence-corrected chi connectivity index (χ3v) is 3.24. The van der Waals surface area contributed by atoms with Gasteiger partial charge in [-0.2, -0.15) is 0 Å². The van der Waals surface area contributed by atoms with Gasteiger partial charge in [-0.25, -0.2) is 4.98 Å². The van der Waals surface area contributed by atoms with Gasteiger partial charge in [0.1, 0.15) is 11.0 Å². The van der Waals surface area contributed by atoms with Crippen LogP contribution in [0.25, 0.3) is 0 Å². The maximum atomic E-state index is 12.0. The number of nitrogens with one attached hydrogen (secondary N) is 1. The van der Waals surface area contributed by atoms with Gasteiger partial charge >= 0.3 is 0 Å². The Bertz CT molecular complexity index is 693. The maximum absolute atomic E-state index is 12.0. The molecule has 0 atom stereocenters. The predicted octanol–water partition coefficient (Wildman–Crippen LogP) is 3.66.